The van der Waals surface area contributed by atoms with Gasteiger partial charge in [-0.25, -0.2) is 9.79 Å². The summed E-state index contributed by atoms with van der Waals surface area (Å²) in [7, 11) is 1.58. The summed E-state index contributed by atoms with van der Waals surface area (Å²) in [5, 5.41) is 0. The smallest absolute Gasteiger partial charge is 0.338 e. The van der Waals surface area contributed by atoms with E-state index in [-0.39, 0.29) is 12.2 Å². The van der Waals surface area contributed by atoms with Crippen LogP contribution in [0.25, 0.3) is 11.8 Å². The van der Waals surface area contributed by atoms with E-state index in [9.17, 15) is 9.59 Å². The van der Waals surface area contributed by atoms with Gasteiger partial charge in [-0.3, -0.25) is 9.36 Å². The van der Waals surface area contributed by atoms with E-state index in [1.165, 1.54) is 11.3 Å². The van der Waals surface area contributed by atoms with E-state index in [2.05, 4.69) is 0 Å². The molecule has 8 heteroatoms. The molecule has 3 aromatic carbocycles. The van der Waals surface area contributed by atoms with Crippen molar-refractivity contribution in [2.45, 2.75) is 19.9 Å². The molecule has 0 fully saturated rings. The number of hydrogen-bond acceptors (Lipinski definition) is 7. The Balaban J connectivity index is 1.83. The van der Waals surface area contributed by atoms with Gasteiger partial charge in [0, 0.05) is 11.1 Å². The van der Waals surface area contributed by atoms with Crippen LogP contribution in [0.5, 0.6) is 11.5 Å². The lowest BCUT2D eigenvalue weighted by molar-refractivity contribution is -0.138. The first-order chi connectivity index (χ1) is 19.0. The Morgan fingerprint density at radius 3 is 2.51 bits per heavy atom. The standard InChI is InChI=1S/C31H28N2O5S/c1-4-37-24-17-10-9-14-21(24)19-25-29(34)33-28(22-15-11-16-23(18-22)36-3)26(30(35)38-5-2)27(32-31(33)39-25)20-12-7-6-8-13-20/h6-19,28H,4-5H2,1-3H3. The summed E-state index contributed by atoms with van der Waals surface area (Å²) in [6.07, 6.45) is 1.81. The Kier molecular flexibility index (Phi) is 7.74. The Bertz CT molecular complexity index is 1720. The summed E-state index contributed by atoms with van der Waals surface area (Å²) < 4.78 is 18.8. The van der Waals surface area contributed by atoms with E-state index in [0.717, 1.165) is 11.1 Å². The molecule has 39 heavy (non-hydrogen) atoms. The highest BCUT2D eigenvalue weighted by Crippen LogP contribution is 2.36. The second-order valence-electron chi connectivity index (χ2n) is 8.68. The molecule has 1 aromatic heterocycles. The highest BCUT2D eigenvalue weighted by molar-refractivity contribution is 7.07. The third-order valence-corrected chi connectivity index (χ3v) is 7.27. The lowest BCUT2D eigenvalue weighted by atomic mass is 9.93. The van der Waals surface area contributed by atoms with Crippen LogP contribution in [-0.2, 0) is 9.53 Å². The minimum atomic E-state index is -0.769. The molecule has 1 unspecified atom stereocenters. The number of fused-ring (bicyclic) bond motifs is 1. The average molecular weight is 541 g/mol. The van der Waals surface area contributed by atoms with Crippen LogP contribution in [0.1, 0.15) is 36.6 Å². The largest absolute Gasteiger partial charge is 0.497 e. The molecule has 4 aromatic rings. The summed E-state index contributed by atoms with van der Waals surface area (Å²) >= 11 is 1.27. The fourth-order valence-electron chi connectivity index (χ4n) is 4.60. The first kappa shape index (κ1) is 26.2. The number of esters is 1. The number of para-hydroxylation sites is 1. The van der Waals surface area contributed by atoms with Gasteiger partial charge in [0.2, 0.25) is 0 Å². The van der Waals surface area contributed by atoms with Gasteiger partial charge in [-0.2, -0.15) is 0 Å². The van der Waals surface area contributed by atoms with E-state index >= 15 is 0 Å². The van der Waals surface area contributed by atoms with E-state index < -0.39 is 12.0 Å². The number of thiazole rings is 1. The Labute approximate surface area is 229 Å². The Morgan fingerprint density at radius 1 is 1.00 bits per heavy atom. The minimum Gasteiger partial charge on any atom is -0.497 e. The second kappa shape index (κ2) is 11.5. The molecule has 0 radical (unpaired) electrons. The van der Waals surface area contributed by atoms with E-state index in [0.29, 0.717) is 44.3 Å². The molecule has 5 rings (SSSR count). The van der Waals surface area contributed by atoms with Gasteiger partial charge in [0.05, 0.1) is 42.2 Å². The zero-order chi connectivity index (χ0) is 27.4. The molecule has 1 atom stereocenters. The molecule has 0 saturated heterocycles. The maximum absolute atomic E-state index is 14.0. The van der Waals surface area contributed by atoms with Gasteiger partial charge in [-0.1, -0.05) is 72.0 Å². The number of ether oxygens (including phenoxy) is 3. The normalized spacial score (nSPS) is 14.9. The highest BCUT2D eigenvalue weighted by atomic mass is 32.1. The predicted octanol–water partition coefficient (Wildman–Crippen LogP) is 4.34. The first-order valence-corrected chi connectivity index (χ1v) is 13.5. The van der Waals surface area contributed by atoms with Crippen molar-refractivity contribution in [1.82, 2.24) is 4.57 Å². The number of aromatic nitrogens is 1. The van der Waals surface area contributed by atoms with Gasteiger partial charge < -0.3 is 14.2 Å². The van der Waals surface area contributed by atoms with Crippen molar-refractivity contribution in [2.75, 3.05) is 20.3 Å². The number of benzene rings is 3. The zero-order valence-electron chi connectivity index (χ0n) is 21.9. The number of methoxy groups -OCH3 is 1. The average Bonchev–Trinajstić information content (AvgIpc) is 3.28. The van der Waals surface area contributed by atoms with Crippen molar-refractivity contribution >= 4 is 29.1 Å². The maximum Gasteiger partial charge on any atom is 0.338 e. The van der Waals surface area contributed by atoms with Crippen LogP contribution < -0.4 is 24.4 Å². The van der Waals surface area contributed by atoms with Crippen LogP contribution in [0.3, 0.4) is 0 Å². The van der Waals surface area contributed by atoms with Crippen molar-refractivity contribution in [3.05, 3.63) is 121 Å². The lowest BCUT2D eigenvalue weighted by Crippen LogP contribution is -2.40. The van der Waals surface area contributed by atoms with Crippen LogP contribution >= 0.6 is 11.3 Å². The van der Waals surface area contributed by atoms with Crippen molar-refractivity contribution in [3.63, 3.8) is 0 Å². The molecule has 0 N–H and O–H groups in total. The minimum absolute atomic E-state index is 0.188. The first-order valence-electron chi connectivity index (χ1n) is 12.7. The van der Waals surface area contributed by atoms with Gasteiger partial charge in [-0.15, -0.1) is 0 Å². The second-order valence-corrected chi connectivity index (χ2v) is 9.69. The summed E-state index contributed by atoms with van der Waals surface area (Å²) in [5.74, 6) is 0.776. The topological polar surface area (TPSA) is 79.1 Å². The van der Waals surface area contributed by atoms with E-state index in [1.54, 1.807) is 18.6 Å². The van der Waals surface area contributed by atoms with Gasteiger partial charge in [0.15, 0.2) is 4.80 Å². The van der Waals surface area contributed by atoms with Crippen molar-refractivity contribution in [3.8, 4) is 11.5 Å². The van der Waals surface area contributed by atoms with Crippen LogP contribution in [0.15, 0.2) is 94.2 Å². The summed E-state index contributed by atoms with van der Waals surface area (Å²) in [6.45, 7) is 4.37. The van der Waals surface area contributed by atoms with E-state index in [1.807, 2.05) is 91.9 Å². The molecule has 1 aliphatic rings. The zero-order valence-corrected chi connectivity index (χ0v) is 22.7. The van der Waals surface area contributed by atoms with Crippen LogP contribution in [0, 0.1) is 0 Å². The number of carbonyl (C=O) groups excluding carboxylic acids is 1. The lowest BCUT2D eigenvalue weighted by Gasteiger charge is -2.26. The molecule has 0 aliphatic carbocycles. The molecular weight excluding hydrogens is 512 g/mol. The van der Waals surface area contributed by atoms with Gasteiger partial charge in [0.25, 0.3) is 5.56 Å². The van der Waals surface area contributed by atoms with Crippen LogP contribution in [0.4, 0.5) is 0 Å². The quantitative estimate of drug-likeness (QED) is 0.311. The number of hydrogen-bond donors (Lipinski definition) is 0. The molecule has 0 amide bonds. The molecular formula is C31H28N2O5S. The fraction of sp³-hybridized carbons (Fsp3) is 0.194. The van der Waals surface area contributed by atoms with E-state index in [4.69, 9.17) is 19.2 Å². The van der Waals surface area contributed by atoms with Gasteiger partial charge in [0.1, 0.15) is 11.5 Å². The van der Waals surface area contributed by atoms with Crippen molar-refractivity contribution < 1.29 is 19.0 Å². The molecule has 0 saturated carbocycles. The molecule has 7 nitrogen and oxygen atoms in total. The molecule has 1 aliphatic heterocycles. The molecule has 0 spiro atoms. The number of carbonyl (C=O) groups is 1. The van der Waals surface area contributed by atoms with Crippen LogP contribution in [0.2, 0.25) is 0 Å². The van der Waals surface area contributed by atoms with Crippen molar-refractivity contribution in [2.24, 2.45) is 4.99 Å². The summed E-state index contributed by atoms with van der Waals surface area (Å²) in [4.78, 5) is 32.9. The molecule has 2 heterocycles. The fourth-order valence-corrected chi connectivity index (χ4v) is 5.59. The number of rotatable bonds is 8. The predicted molar refractivity (Wildman–Crippen MR) is 152 cm³/mol. The maximum atomic E-state index is 14.0. The molecule has 198 valence electrons. The third kappa shape index (κ3) is 5.15. The summed E-state index contributed by atoms with van der Waals surface area (Å²) in [6, 6.07) is 23.7. The monoisotopic (exact) mass is 540 g/mol. The Hall–Kier alpha value is -4.43. The SMILES string of the molecule is CCOC(=O)C1=C(c2ccccc2)N=c2sc(=Cc3ccccc3OCC)c(=O)n2C1c1cccc(OC)c1. The van der Waals surface area contributed by atoms with Gasteiger partial charge in [-0.05, 0) is 43.7 Å². The van der Waals surface area contributed by atoms with Gasteiger partial charge >= 0.3 is 5.97 Å². The number of nitrogens with zero attached hydrogens (tertiary/aromatic N) is 2. The molecule has 0 bridgehead atoms. The highest BCUT2D eigenvalue weighted by Gasteiger charge is 2.35. The summed E-state index contributed by atoms with van der Waals surface area (Å²) in [5.41, 5.74) is 2.77. The third-order valence-electron chi connectivity index (χ3n) is 6.29. The van der Waals surface area contributed by atoms with Crippen LogP contribution in [-0.4, -0.2) is 30.9 Å². The van der Waals surface area contributed by atoms with Crippen molar-refractivity contribution in [1.29, 1.82) is 0 Å². The Morgan fingerprint density at radius 2 is 1.77 bits per heavy atom.